The SMILES string of the molecule is CCCN(CCC(C)c1ccccc1)CC1CCCN1. The molecule has 1 aromatic rings. The minimum atomic E-state index is 0.659. The van der Waals surface area contributed by atoms with E-state index in [1.807, 2.05) is 0 Å². The first-order valence-corrected chi connectivity index (χ1v) is 8.30. The zero-order valence-corrected chi connectivity index (χ0v) is 13.1. The third-order valence-corrected chi connectivity index (χ3v) is 4.43. The van der Waals surface area contributed by atoms with E-state index in [1.165, 1.54) is 57.4 Å². The van der Waals surface area contributed by atoms with Crippen LogP contribution in [0.1, 0.15) is 51.0 Å². The second-order valence-corrected chi connectivity index (χ2v) is 6.19. The molecule has 1 saturated heterocycles. The van der Waals surface area contributed by atoms with Crippen molar-refractivity contribution in [3.8, 4) is 0 Å². The van der Waals surface area contributed by atoms with Gasteiger partial charge in [-0.05, 0) is 56.8 Å². The maximum absolute atomic E-state index is 3.62. The summed E-state index contributed by atoms with van der Waals surface area (Å²) in [7, 11) is 0. The zero-order chi connectivity index (χ0) is 14.2. The fraction of sp³-hybridized carbons (Fsp3) is 0.667. The average molecular weight is 274 g/mol. The van der Waals surface area contributed by atoms with Gasteiger partial charge in [-0.3, -0.25) is 0 Å². The van der Waals surface area contributed by atoms with Crippen LogP contribution in [-0.2, 0) is 0 Å². The van der Waals surface area contributed by atoms with Gasteiger partial charge in [-0.25, -0.2) is 0 Å². The summed E-state index contributed by atoms with van der Waals surface area (Å²) in [5.41, 5.74) is 1.47. The largest absolute Gasteiger partial charge is 0.313 e. The molecular formula is C18H30N2. The smallest absolute Gasteiger partial charge is 0.0195 e. The molecular weight excluding hydrogens is 244 g/mol. The maximum atomic E-state index is 3.62. The first kappa shape index (κ1) is 15.5. The Morgan fingerprint density at radius 1 is 1.25 bits per heavy atom. The topological polar surface area (TPSA) is 15.3 Å². The lowest BCUT2D eigenvalue weighted by Gasteiger charge is -2.26. The van der Waals surface area contributed by atoms with Crippen LogP contribution in [0.3, 0.4) is 0 Å². The van der Waals surface area contributed by atoms with E-state index in [1.54, 1.807) is 0 Å². The summed E-state index contributed by atoms with van der Waals surface area (Å²) in [6, 6.07) is 11.6. The van der Waals surface area contributed by atoms with E-state index in [0.717, 1.165) is 6.04 Å². The Bertz CT molecular complexity index is 357. The molecule has 0 amide bonds. The normalized spacial score (nSPS) is 20.4. The number of benzene rings is 1. The summed E-state index contributed by atoms with van der Waals surface area (Å²) in [6.07, 6.45) is 5.22. The summed E-state index contributed by atoms with van der Waals surface area (Å²) in [5.74, 6) is 0.659. The third kappa shape index (κ3) is 4.92. The highest BCUT2D eigenvalue weighted by molar-refractivity contribution is 5.18. The molecule has 1 heterocycles. The molecule has 0 saturated carbocycles. The lowest BCUT2D eigenvalue weighted by atomic mass is 9.97. The molecule has 2 rings (SSSR count). The van der Waals surface area contributed by atoms with Crippen molar-refractivity contribution in [3.63, 3.8) is 0 Å². The van der Waals surface area contributed by atoms with Crippen molar-refractivity contribution in [3.05, 3.63) is 35.9 Å². The van der Waals surface area contributed by atoms with Crippen LogP contribution in [0.2, 0.25) is 0 Å². The molecule has 2 heteroatoms. The van der Waals surface area contributed by atoms with Crippen LogP contribution in [0.5, 0.6) is 0 Å². The third-order valence-electron chi connectivity index (χ3n) is 4.43. The van der Waals surface area contributed by atoms with Crippen molar-refractivity contribution >= 4 is 0 Å². The molecule has 20 heavy (non-hydrogen) atoms. The van der Waals surface area contributed by atoms with Gasteiger partial charge in [0.1, 0.15) is 0 Å². The maximum Gasteiger partial charge on any atom is 0.0195 e. The van der Waals surface area contributed by atoms with Gasteiger partial charge < -0.3 is 10.2 Å². The standard InChI is InChI=1S/C18H30N2/c1-3-13-20(15-18-10-7-12-19-18)14-11-16(2)17-8-5-4-6-9-17/h4-6,8-9,16,18-19H,3,7,10-15H2,1-2H3. The molecule has 0 spiro atoms. The van der Waals surface area contributed by atoms with E-state index in [2.05, 4.69) is 54.4 Å². The van der Waals surface area contributed by atoms with E-state index in [9.17, 15) is 0 Å². The number of hydrogen-bond acceptors (Lipinski definition) is 2. The fourth-order valence-electron chi connectivity index (χ4n) is 3.16. The van der Waals surface area contributed by atoms with Gasteiger partial charge in [0.05, 0.1) is 0 Å². The highest BCUT2D eigenvalue weighted by Gasteiger charge is 2.18. The van der Waals surface area contributed by atoms with Crippen molar-refractivity contribution in [1.82, 2.24) is 10.2 Å². The van der Waals surface area contributed by atoms with Gasteiger partial charge in [0, 0.05) is 12.6 Å². The van der Waals surface area contributed by atoms with Gasteiger partial charge in [-0.15, -0.1) is 0 Å². The Kier molecular flexibility index (Phi) is 6.55. The minimum absolute atomic E-state index is 0.659. The molecule has 0 radical (unpaired) electrons. The summed E-state index contributed by atoms with van der Waals surface area (Å²) in [6.45, 7) is 9.55. The second kappa shape index (κ2) is 8.43. The Morgan fingerprint density at radius 2 is 2.05 bits per heavy atom. The van der Waals surface area contributed by atoms with Crippen LogP contribution >= 0.6 is 0 Å². The van der Waals surface area contributed by atoms with Crippen molar-refractivity contribution < 1.29 is 0 Å². The predicted octanol–water partition coefficient (Wildman–Crippen LogP) is 3.64. The second-order valence-electron chi connectivity index (χ2n) is 6.19. The zero-order valence-electron chi connectivity index (χ0n) is 13.1. The number of rotatable bonds is 8. The van der Waals surface area contributed by atoms with Crippen molar-refractivity contribution in [1.29, 1.82) is 0 Å². The van der Waals surface area contributed by atoms with E-state index >= 15 is 0 Å². The minimum Gasteiger partial charge on any atom is -0.313 e. The van der Waals surface area contributed by atoms with Crippen LogP contribution in [0.4, 0.5) is 0 Å². The van der Waals surface area contributed by atoms with Gasteiger partial charge in [-0.2, -0.15) is 0 Å². The lowest BCUT2D eigenvalue weighted by Crippen LogP contribution is -2.38. The van der Waals surface area contributed by atoms with Gasteiger partial charge in [0.25, 0.3) is 0 Å². The molecule has 0 aromatic heterocycles. The van der Waals surface area contributed by atoms with E-state index in [4.69, 9.17) is 0 Å². The summed E-state index contributed by atoms with van der Waals surface area (Å²) in [5, 5.41) is 3.62. The van der Waals surface area contributed by atoms with Crippen molar-refractivity contribution in [2.75, 3.05) is 26.2 Å². The quantitative estimate of drug-likeness (QED) is 0.778. The molecule has 2 unspecified atom stereocenters. The summed E-state index contributed by atoms with van der Waals surface area (Å²) < 4.78 is 0. The van der Waals surface area contributed by atoms with Crippen LogP contribution < -0.4 is 5.32 Å². The molecule has 1 aromatic carbocycles. The lowest BCUT2D eigenvalue weighted by molar-refractivity contribution is 0.242. The van der Waals surface area contributed by atoms with Gasteiger partial charge in [0.15, 0.2) is 0 Å². The molecule has 2 atom stereocenters. The van der Waals surface area contributed by atoms with Crippen molar-refractivity contribution in [2.24, 2.45) is 0 Å². The molecule has 112 valence electrons. The van der Waals surface area contributed by atoms with Gasteiger partial charge in [0.2, 0.25) is 0 Å². The summed E-state index contributed by atoms with van der Waals surface area (Å²) in [4.78, 5) is 2.66. The molecule has 1 aliphatic rings. The van der Waals surface area contributed by atoms with E-state index in [0.29, 0.717) is 5.92 Å². The average Bonchev–Trinajstić information content (AvgIpc) is 2.98. The number of nitrogens with one attached hydrogen (secondary N) is 1. The van der Waals surface area contributed by atoms with Crippen molar-refractivity contribution in [2.45, 2.75) is 51.5 Å². The summed E-state index contributed by atoms with van der Waals surface area (Å²) >= 11 is 0. The number of hydrogen-bond donors (Lipinski definition) is 1. The van der Waals surface area contributed by atoms with Crippen LogP contribution in [0, 0.1) is 0 Å². The Balaban J connectivity index is 1.78. The van der Waals surface area contributed by atoms with Crippen LogP contribution in [0.25, 0.3) is 0 Å². The van der Waals surface area contributed by atoms with E-state index in [-0.39, 0.29) is 0 Å². The highest BCUT2D eigenvalue weighted by Crippen LogP contribution is 2.19. The molecule has 1 aliphatic heterocycles. The fourth-order valence-corrected chi connectivity index (χ4v) is 3.16. The highest BCUT2D eigenvalue weighted by atomic mass is 15.1. The van der Waals surface area contributed by atoms with Gasteiger partial charge in [-0.1, -0.05) is 44.2 Å². The van der Waals surface area contributed by atoms with E-state index < -0.39 is 0 Å². The Morgan fingerprint density at radius 3 is 2.70 bits per heavy atom. The predicted molar refractivity (Wildman–Crippen MR) is 87.2 cm³/mol. The molecule has 1 N–H and O–H groups in total. The molecule has 2 nitrogen and oxygen atoms in total. The van der Waals surface area contributed by atoms with Crippen LogP contribution in [0.15, 0.2) is 30.3 Å². The molecule has 0 aliphatic carbocycles. The Labute approximate surface area is 124 Å². The first-order chi connectivity index (χ1) is 9.79. The van der Waals surface area contributed by atoms with Gasteiger partial charge >= 0.3 is 0 Å². The number of nitrogens with zero attached hydrogens (tertiary/aromatic N) is 1. The molecule has 1 fully saturated rings. The first-order valence-electron chi connectivity index (χ1n) is 8.30. The Hall–Kier alpha value is -0.860. The van der Waals surface area contributed by atoms with Crippen LogP contribution in [-0.4, -0.2) is 37.1 Å². The monoisotopic (exact) mass is 274 g/mol. The molecule has 0 bridgehead atoms.